The van der Waals surface area contributed by atoms with Crippen LogP contribution in [0.1, 0.15) is 17.2 Å². The Balaban J connectivity index is 1.57. The molecule has 3 rings (SSSR count). The summed E-state index contributed by atoms with van der Waals surface area (Å²) < 4.78 is 11.2. The predicted octanol–water partition coefficient (Wildman–Crippen LogP) is 4.50. The Labute approximate surface area is 155 Å². The van der Waals surface area contributed by atoms with Crippen LogP contribution >= 0.6 is 11.3 Å². The van der Waals surface area contributed by atoms with Gasteiger partial charge in [0.05, 0.1) is 11.8 Å². The number of carbonyl (C=O) groups is 1. The van der Waals surface area contributed by atoms with Crippen molar-refractivity contribution in [1.29, 1.82) is 5.26 Å². The van der Waals surface area contributed by atoms with Gasteiger partial charge in [-0.25, -0.2) is 0 Å². The Kier molecular flexibility index (Phi) is 5.62. The van der Waals surface area contributed by atoms with Crippen molar-refractivity contribution >= 4 is 17.1 Å². The molecule has 0 aliphatic heterocycles. The summed E-state index contributed by atoms with van der Waals surface area (Å²) in [6.45, 7) is 1.82. The number of aromatic nitrogens is 1. The highest BCUT2D eigenvalue weighted by Gasteiger charge is 2.21. The van der Waals surface area contributed by atoms with Gasteiger partial charge in [-0.15, -0.1) is 11.3 Å². The number of nitrogens with zero attached hydrogens (tertiary/aromatic N) is 2. The molecule has 26 heavy (non-hydrogen) atoms. The number of aryl methyl sites for hydroxylation is 1. The van der Waals surface area contributed by atoms with Crippen LogP contribution in [0, 0.1) is 18.3 Å². The molecule has 5 nitrogen and oxygen atoms in total. The Hall–Kier alpha value is -3.17. The van der Waals surface area contributed by atoms with E-state index in [-0.39, 0.29) is 12.4 Å². The van der Waals surface area contributed by atoms with Gasteiger partial charge in [0.1, 0.15) is 18.1 Å². The molecule has 0 bridgehead atoms. The Morgan fingerprint density at radius 1 is 1.23 bits per heavy atom. The predicted molar refractivity (Wildman–Crippen MR) is 98.7 cm³/mol. The summed E-state index contributed by atoms with van der Waals surface area (Å²) in [7, 11) is 0. The van der Waals surface area contributed by atoms with E-state index >= 15 is 0 Å². The average Bonchev–Trinajstić information content (AvgIpc) is 3.07. The second-order valence-corrected chi connectivity index (χ2v) is 6.46. The molecule has 2 heterocycles. The first-order valence-electron chi connectivity index (χ1n) is 7.95. The topological polar surface area (TPSA) is 72.2 Å². The summed E-state index contributed by atoms with van der Waals surface area (Å²) in [6.07, 6.45) is 1.56. The van der Waals surface area contributed by atoms with Gasteiger partial charge in [0.15, 0.2) is 16.8 Å². The first-order valence-corrected chi connectivity index (χ1v) is 8.83. The fourth-order valence-electron chi connectivity index (χ4n) is 2.27. The molecule has 0 radical (unpaired) electrons. The van der Waals surface area contributed by atoms with Gasteiger partial charge in [0, 0.05) is 6.20 Å². The lowest BCUT2D eigenvalue weighted by molar-refractivity contribution is -0.121. The maximum atomic E-state index is 12.2. The number of nitriles is 1. The van der Waals surface area contributed by atoms with Gasteiger partial charge in [-0.3, -0.25) is 9.78 Å². The molecule has 1 atom stereocenters. The maximum Gasteiger partial charge on any atom is 0.193 e. The molecule has 1 aromatic carbocycles. The zero-order valence-electron chi connectivity index (χ0n) is 14.1. The van der Waals surface area contributed by atoms with Crippen molar-refractivity contribution in [2.24, 2.45) is 0 Å². The van der Waals surface area contributed by atoms with Crippen molar-refractivity contribution in [3.8, 4) is 22.6 Å². The summed E-state index contributed by atoms with van der Waals surface area (Å²) in [4.78, 5) is 16.3. The highest BCUT2D eigenvalue weighted by molar-refractivity contribution is 7.12. The van der Waals surface area contributed by atoms with E-state index in [9.17, 15) is 10.1 Å². The zero-order chi connectivity index (χ0) is 18.4. The van der Waals surface area contributed by atoms with Crippen LogP contribution in [0.4, 0.5) is 0 Å². The van der Waals surface area contributed by atoms with Gasteiger partial charge in [-0.1, -0.05) is 6.07 Å². The quantitative estimate of drug-likeness (QED) is 0.617. The average molecular weight is 364 g/mol. The molecule has 1 unspecified atom stereocenters. The van der Waals surface area contributed by atoms with Crippen molar-refractivity contribution in [3.05, 3.63) is 71.4 Å². The van der Waals surface area contributed by atoms with E-state index in [0.717, 1.165) is 10.6 Å². The Morgan fingerprint density at radius 3 is 2.62 bits per heavy atom. The van der Waals surface area contributed by atoms with Crippen LogP contribution in [0.25, 0.3) is 0 Å². The zero-order valence-corrected chi connectivity index (χ0v) is 14.9. The fraction of sp³-hybridized carbons (Fsp3) is 0.150. The van der Waals surface area contributed by atoms with E-state index in [1.807, 2.05) is 24.4 Å². The molecule has 0 aliphatic rings. The molecule has 0 saturated heterocycles. The third kappa shape index (κ3) is 4.47. The van der Waals surface area contributed by atoms with E-state index in [4.69, 9.17) is 9.47 Å². The largest absolute Gasteiger partial charge is 0.486 e. The van der Waals surface area contributed by atoms with Crippen LogP contribution in [-0.4, -0.2) is 17.4 Å². The molecule has 0 fully saturated rings. The van der Waals surface area contributed by atoms with Crippen LogP contribution < -0.4 is 9.47 Å². The minimum atomic E-state index is -0.930. The van der Waals surface area contributed by atoms with Gasteiger partial charge >= 0.3 is 0 Å². The number of benzene rings is 1. The van der Waals surface area contributed by atoms with Crippen molar-refractivity contribution in [2.45, 2.75) is 12.8 Å². The van der Waals surface area contributed by atoms with Gasteiger partial charge in [0.25, 0.3) is 0 Å². The van der Waals surface area contributed by atoms with Gasteiger partial charge in [-0.2, -0.15) is 5.26 Å². The van der Waals surface area contributed by atoms with Gasteiger partial charge in [0.2, 0.25) is 0 Å². The number of hydrogen-bond acceptors (Lipinski definition) is 6. The van der Waals surface area contributed by atoms with Gasteiger partial charge < -0.3 is 9.47 Å². The van der Waals surface area contributed by atoms with Crippen LogP contribution in [0.2, 0.25) is 0 Å². The SMILES string of the molecule is Cc1csc(Oc2ccc(OCC(=O)C(C#N)c3ccccn3)cc2)c1. The fourth-order valence-corrected chi connectivity index (χ4v) is 3.03. The third-order valence-corrected chi connectivity index (χ3v) is 4.49. The second-order valence-electron chi connectivity index (χ2n) is 5.59. The van der Waals surface area contributed by atoms with Crippen LogP contribution in [0.3, 0.4) is 0 Å². The number of Topliss-reactive ketones (excluding diaryl/α,β-unsaturated/α-hetero) is 1. The third-order valence-electron chi connectivity index (χ3n) is 3.56. The van der Waals surface area contributed by atoms with E-state index in [0.29, 0.717) is 17.2 Å². The first kappa shape index (κ1) is 17.6. The van der Waals surface area contributed by atoms with E-state index in [1.165, 1.54) is 11.3 Å². The van der Waals surface area contributed by atoms with Crippen molar-refractivity contribution < 1.29 is 14.3 Å². The molecular weight excluding hydrogens is 348 g/mol. The lowest BCUT2D eigenvalue weighted by atomic mass is 10.0. The summed E-state index contributed by atoms with van der Waals surface area (Å²) in [5.74, 6) is -0.0406. The number of carbonyl (C=O) groups excluding carboxylic acids is 1. The van der Waals surface area contributed by atoms with Crippen LogP contribution in [-0.2, 0) is 4.79 Å². The number of hydrogen-bond donors (Lipinski definition) is 0. The molecule has 2 aromatic heterocycles. The number of ketones is 1. The normalized spacial score (nSPS) is 11.4. The van der Waals surface area contributed by atoms with Crippen molar-refractivity contribution in [2.75, 3.05) is 6.61 Å². The summed E-state index contributed by atoms with van der Waals surface area (Å²) >= 11 is 1.53. The molecule has 6 heteroatoms. The second kappa shape index (κ2) is 8.28. The number of thiophene rings is 1. The Bertz CT molecular complexity index is 914. The maximum absolute atomic E-state index is 12.2. The highest BCUT2D eigenvalue weighted by Crippen LogP contribution is 2.29. The molecule has 130 valence electrons. The van der Waals surface area contributed by atoms with E-state index in [2.05, 4.69) is 4.98 Å². The molecule has 0 aliphatic carbocycles. The monoisotopic (exact) mass is 364 g/mol. The molecular formula is C20H16N2O3S. The molecule has 0 saturated carbocycles. The van der Waals surface area contributed by atoms with E-state index < -0.39 is 5.92 Å². The minimum absolute atomic E-state index is 0.195. The molecule has 0 spiro atoms. The molecule has 0 amide bonds. The minimum Gasteiger partial charge on any atom is -0.486 e. The molecule has 3 aromatic rings. The number of ether oxygens (including phenoxy) is 2. The summed E-state index contributed by atoms with van der Waals surface area (Å²) in [5, 5.41) is 12.1. The number of pyridine rings is 1. The summed E-state index contributed by atoms with van der Waals surface area (Å²) in [6, 6.07) is 16.1. The van der Waals surface area contributed by atoms with Gasteiger partial charge in [-0.05, 0) is 60.3 Å². The Morgan fingerprint density at radius 2 is 2.00 bits per heavy atom. The van der Waals surface area contributed by atoms with Crippen molar-refractivity contribution in [1.82, 2.24) is 4.98 Å². The highest BCUT2D eigenvalue weighted by atomic mass is 32.1. The van der Waals surface area contributed by atoms with Crippen molar-refractivity contribution in [3.63, 3.8) is 0 Å². The smallest absolute Gasteiger partial charge is 0.193 e. The number of rotatable bonds is 7. The lowest BCUT2D eigenvalue weighted by Gasteiger charge is -2.10. The standard InChI is InChI=1S/C20H16N2O3S/c1-14-10-20(26-13-14)25-16-7-5-15(6-8-16)24-12-19(23)17(11-21)18-4-2-3-9-22-18/h2-10,13,17H,12H2,1H3. The molecule has 0 N–H and O–H groups in total. The first-order chi connectivity index (χ1) is 12.7. The van der Waals surface area contributed by atoms with E-state index in [1.54, 1.807) is 48.7 Å². The van der Waals surface area contributed by atoms with Crippen LogP contribution in [0.15, 0.2) is 60.1 Å². The lowest BCUT2D eigenvalue weighted by Crippen LogP contribution is -2.19. The van der Waals surface area contributed by atoms with Crippen LogP contribution in [0.5, 0.6) is 16.6 Å². The summed E-state index contributed by atoms with van der Waals surface area (Å²) in [5.41, 5.74) is 1.59.